The van der Waals surface area contributed by atoms with Gasteiger partial charge in [0.15, 0.2) is 0 Å². The molecule has 0 saturated heterocycles. The SMILES string of the molecule is COC(=O)NC(C(=O)NN(Cc1c(F)cc(-c2ccn(C(F)F)n2)cc1F)CC(OC(=O)OCOP(=O)(OC(C)(C)C)OC(C)(C)C)C(Cc1ccc(I)cc1)NC(=O)C(NC(=O)O)C(C)(C)C(F)(F)F)C(C)(C)C(F)(F)F. The van der Waals surface area contributed by atoms with Crippen LogP contribution in [0.4, 0.5) is 58.3 Å². The van der Waals surface area contributed by atoms with E-state index in [1.54, 1.807) is 5.32 Å². The first-order chi connectivity index (χ1) is 35.5. The summed E-state index contributed by atoms with van der Waals surface area (Å²) in [6.45, 7) is 3.54. The number of phosphoric acid groups is 1. The normalized spacial score (nSPS) is 14.5. The number of carbonyl (C=O) groups excluding carboxylic acids is 4. The minimum absolute atomic E-state index is 0.155. The van der Waals surface area contributed by atoms with Crippen molar-refractivity contribution in [3.05, 3.63) is 75.0 Å². The number of hydrazine groups is 1. The lowest BCUT2D eigenvalue weighted by Crippen LogP contribution is -2.64. The van der Waals surface area contributed by atoms with E-state index in [9.17, 15) is 68.8 Å². The van der Waals surface area contributed by atoms with Gasteiger partial charge in [-0.25, -0.2) is 41.9 Å². The number of nitrogens with zero attached hydrogens (tertiary/aromatic N) is 3. The van der Waals surface area contributed by atoms with Crippen LogP contribution in [-0.2, 0) is 54.9 Å². The summed E-state index contributed by atoms with van der Waals surface area (Å²) in [6.07, 6.45) is -18.3. The quantitative estimate of drug-likeness (QED) is 0.0148. The number of alkyl halides is 8. The number of hydrogen-bond donors (Lipinski definition) is 5. The van der Waals surface area contributed by atoms with Crippen LogP contribution in [0, 0.1) is 26.0 Å². The minimum atomic E-state index is -5.32. The number of nitrogens with one attached hydrogen (secondary N) is 4. The maximum absolute atomic E-state index is 16.3. The predicted molar refractivity (Wildman–Crippen MR) is 263 cm³/mol. The largest absolute Gasteiger partial charge is 0.510 e. The van der Waals surface area contributed by atoms with Crippen molar-refractivity contribution in [2.75, 3.05) is 20.4 Å². The fraction of sp³-hybridized carbons (Fsp3) is 0.565. The van der Waals surface area contributed by atoms with Crippen molar-refractivity contribution < 1.29 is 105 Å². The summed E-state index contributed by atoms with van der Waals surface area (Å²) in [6, 6.07) is 0.620. The average molecular weight is 1270 g/mol. The number of carbonyl (C=O) groups is 5. The topological polar surface area (TPSA) is 247 Å². The third-order valence-corrected chi connectivity index (χ3v) is 13.6. The Balaban J connectivity index is 2.38. The van der Waals surface area contributed by atoms with E-state index >= 15 is 8.78 Å². The number of benzene rings is 2. The van der Waals surface area contributed by atoms with Gasteiger partial charge in [-0.3, -0.25) is 24.1 Å². The number of phosphoric ester groups is 1. The maximum Gasteiger partial charge on any atom is 0.510 e. The first kappa shape index (κ1) is 66.8. The lowest BCUT2D eigenvalue weighted by atomic mass is 9.82. The number of ether oxygens (including phenoxy) is 3. The van der Waals surface area contributed by atoms with Crippen molar-refractivity contribution >= 4 is 60.6 Å². The molecule has 2 aromatic carbocycles. The second-order valence-electron chi connectivity index (χ2n) is 20.2. The van der Waals surface area contributed by atoms with Gasteiger partial charge in [-0.05, 0) is 134 Å². The van der Waals surface area contributed by atoms with Crippen LogP contribution in [0.1, 0.15) is 86.9 Å². The van der Waals surface area contributed by atoms with E-state index in [2.05, 4.69) is 15.2 Å². The summed E-state index contributed by atoms with van der Waals surface area (Å²) in [5, 5.41) is 19.0. The second kappa shape index (κ2) is 26.2. The minimum Gasteiger partial charge on any atom is -0.465 e. The molecule has 0 aliphatic rings. The molecule has 0 radical (unpaired) electrons. The Morgan fingerprint density at radius 2 is 1.29 bits per heavy atom. The third-order valence-electron chi connectivity index (χ3n) is 11.0. The number of alkyl carbamates (subject to hydrolysis) is 1. The molecule has 20 nitrogen and oxygen atoms in total. The van der Waals surface area contributed by atoms with Gasteiger partial charge in [0.1, 0.15) is 29.8 Å². The average Bonchev–Trinajstić information content (AvgIpc) is 3.77. The molecule has 1 aromatic heterocycles. The highest BCUT2D eigenvalue weighted by molar-refractivity contribution is 14.1. The van der Waals surface area contributed by atoms with Crippen LogP contribution >= 0.6 is 30.4 Å². The van der Waals surface area contributed by atoms with Crippen LogP contribution in [-0.4, -0.2) is 118 Å². The van der Waals surface area contributed by atoms with E-state index in [1.807, 2.05) is 28.0 Å². The van der Waals surface area contributed by atoms with Gasteiger partial charge in [0, 0.05) is 27.4 Å². The molecule has 0 spiro atoms. The van der Waals surface area contributed by atoms with Crippen LogP contribution in [0.2, 0.25) is 0 Å². The third kappa shape index (κ3) is 19.4. The molecule has 78 heavy (non-hydrogen) atoms. The zero-order valence-corrected chi connectivity index (χ0v) is 46.7. The maximum atomic E-state index is 16.3. The Morgan fingerprint density at radius 1 is 0.782 bits per heavy atom. The van der Waals surface area contributed by atoms with Crippen molar-refractivity contribution in [3.8, 4) is 11.3 Å². The summed E-state index contributed by atoms with van der Waals surface area (Å²) >= 11 is 1.90. The van der Waals surface area contributed by atoms with E-state index in [4.69, 9.17) is 23.0 Å². The molecule has 32 heteroatoms. The van der Waals surface area contributed by atoms with Gasteiger partial charge < -0.3 is 35.3 Å². The first-order valence-electron chi connectivity index (χ1n) is 22.9. The van der Waals surface area contributed by atoms with Gasteiger partial charge in [-0.15, -0.1) is 0 Å². The Hall–Kier alpha value is -5.50. The zero-order valence-electron chi connectivity index (χ0n) is 43.6. The Labute approximate surface area is 454 Å². The highest BCUT2D eigenvalue weighted by Crippen LogP contribution is 2.55. The van der Waals surface area contributed by atoms with Crippen LogP contribution in [0.25, 0.3) is 11.3 Å². The van der Waals surface area contributed by atoms with Crippen molar-refractivity contribution in [2.45, 2.75) is 137 Å². The van der Waals surface area contributed by atoms with Crippen molar-refractivity contribution in [1.82, 2.24) is 36.2 Å². The molecule has 0 fully saturated rings. The lowest BCUT2D eigenvalue weighted by molar-refractivity contribution is -0.221. The van der Waals surface area contributed by atoms with Gasteiger partial charge in [-0.2, -0.15) is 40.2 Å². The summed E-state index contributed by atoms with van der Waals surface area (Å²) in [5.41, 5.74) is -8.61. The molecular weight excluding hydrogens is 1210 g/mol. The molecule has 1 heterocycles. The molecule has 0 aliphatic carbocycles. The molecule has 0 saturated carbocycles. The van der Waals surface area contributed by atoms with Gasteiger partial charge in [-0.1, -0.05) is 12.1 Å². The number of halogens is 11. The molecule has 5 N–H and O–H groups in total. The second-order valence-corrected chi connectivity index (χ2v) is 23.0. The molecule has 4 amide bonds. The number of methoxy groups -OCH3 is 1. The molecular formula is C46H59F10IN7O13P. The van der Waals surface area contributed by atoms with Crippen molar-refractivity contribution in [1.29, 1.82) is 0 Å². The zero-order chi connectivity index (χ0) is 59.7. The van der Waals surface area contributed by atoms with Crippen LogP contribution in [0.5, 0.6) is 0 Å². The Kier molecular flexibility index (Phi) is 22.4. The Morgan fingerprint density at radius 3 is 1.74 bits per heavy atom. The number of carboxylic acid groups (broad SMARTS) is 1. The molecule has 0 bridgehead atoms. The van der Waals surface area contributed by atoms with E-state index in [0.717, 1.165) is 19.4 Å². The highest BCUT2D eigenvalue weighted by Gasteiger charge is 2.57. The van der Waals surface area contributed by atoms with Crippen LogP contribution < -0.4 is 21.4 Å². The number of aromatic nitrogens is 2. The molecule has 4 unspecified atom stereocenters. The van der Waals surface area contributed by atoms with Crippen LogP contribution in [0.15, 0.2) is 48.7 Å². The molecule has 3 rings (SSSR count). The van der Waals surface area contributed by atoms with Gasteiger partial charge >= 0.3 is 45.1 Å². The fourth-order valence-corrected chi connectivity index (χ4v) is 8.78. The van der Waals surface area contributed by atoms with Crippen LogP contribution in [0.3, 0.4) is 0 Å². The summed E-state index contributed by atoms with van der Waals surface area (Å²) < 4.78 is 193. The summed E-state index contributed by atoms with van der Waals surface area (Å²) in [5.74, 6) is -6.60. The summed E-state index contributed by atoms with van der Waals surface area (Å²) in [4.78, 5) is 66.7. The molecule has 4 atom stereocenters. The number of hydrogen-bond acceptors (Lipinski definition) is 14. The molecule has 0 aliphatic heterocycles. The van der Waals surface area contributed by atoms with E-state index < -0.39 is 152 Å². The van der Waals surface area contributed by atoms with Gasteiger partial charge in [0.05, 0.1) is 47.4 Å². The molecule has 438 valence electrons. The number of amides is 4. The standard InChI is InChI=1S/C46H59F10IN7O13P/c1-41(2,3)76-78(71,77-42(4,5)6)74-23-73-40(70)75-32(31(18-24-12-14-26(57)15-13-24)58-35(65)33(59-38(67)68)43(7,8)45(51,52)53)22-63(62-36(66)34(60-39(69)72-11)44(9,10)46(54,55)56)21-27-28(47)19-25(20-29(27)48)30-16-17-64(61-30)37(49)50/h12-17,19-20,31-34,37,59H,18,21-23H2,1-11H3,(H,58,65)(H,60,69)(H,62,66)(H,67,68). The smallest absolute Gasteiger partial charge is 0.465 e. The van der Waals surface area contributed by atoms with E-state index in [1.165, 1.54) is 71.1 Å². The first-order valence-corrected chi connectivity index (χ1v) is 25.4. The monoisotopic (exact) mass is 1270 g/mol. The van der Waals surface area contributed by atoms with Crippen molar-refractivity contribution in [3.63, 3.8) is 0 Å². The van der Waals surface area contributed by atoms with E-state index in [0.29, 0.717) is 48.4 Å². The van der Waals surface area contributed by atoms with Gasteiger partial charge in [0.25, 0.3) is 5.91 Å². The lowest BCUT2D eigenvalue weighted by Gasteiger charge is -2.38. The van der Waals surface area contributed by atoms with Gasteiger partial charge in [0.2, 0.25) is 12.7 Å². The Bertz CT molecular complexity index is 2590. The predicted octanol–water partition coefficient (Wildman–Crippen LogP) is 10.2. The molecule has 3 aromatic rings. The van der Waals surface area contributed by atoms with Crippen molar-refractivity contribution in [2.24, 2.45) is 10.8 Å². The van der Waals surface area contributed by atoms with E-state index in [-0.39, 0.29) is 15.9 Å². The summed E-state index contributed by atoms with van der Waals surface area (Å²) in [7, 11) is -3.94. The number of rotatable bonds is 23. The fourth-order valence-electron chi connectivity index (χ4n) is 6.76. The highest BCUT2D eigenvalue weighted by atomic mass is 127.